The number of hydrogen-bond acceptors (Lipinski definition) is 4. The molecule has 0 aliphatic carbocycles. The predicted molar refractivity (Wildman–Crippen MR) is 102 cm³/mol. The molecule has 0 saturated heterocycles. The molecule has 0 bridgehead atoms. The van der Waals surface area contributed by atoms with Gasteiger partial charge in [-0.1, -0.05) is 24.3 Å². The Labute approximate surface area is 152 Å². The molecule has 0 fully saturated rings. The number of benzene rings is 2. The smallest absolute Gasteiger partial charge is 0.251 e. The van der Waals surface area contributed by atoms with E-state index in [2.05, 4.69) is 15.7 Å². The number of aryl methyl sites for hydroxylation is 1. The van der Waals surface area contributed by atoms with Crippen molar-refractivity contribution in [2.45, 2.75) is 13.0 Å². The van der Waals surface area contributed by atoms with E-state index in [1.807, 2.05) is 68.7 Å². The molecule has 2 aromatic carbocycles. The standard InChI is InChI=1S/C20H22N4O2/c1-15(26-19-9-4-3-5-10-19)12-21-20(25)16-7-6-8-17(11-16)23-18-13-22-24(2)14-18/h3-11,13-15,23H,12H2,1-2H3,(H,21,25). The molecule has 2 N–H and O–H groups in total. The summed E-state index contributed by atoms with van der Waals surface area (Å²) in [6.07, 6.45) is 3.48. The lowest BCUT2D eigenvalue weighted by Gasteiger charge is -2.15. The summed E-state index contributed by atoms with van der Waals surface area (Å²) in [6, 6.07) is 16.9. The van der Waals surface area contributed by atoms with Crippen LogP contribution in [-0.4, -0.2) is 28.3 Å². The van der Waals surface area contributed by atoms with E-state index in [1.54, 1.807) is 16.9 Å². The fourth-order valence-electron chi connectivity index (χ4n) is 2.50. The van der Waals surface area contributed by atoms with Gasteiger partial charge in [-0.05, 0) is 37.3 Å². The molecule has 1 atom stereocenters. The molecule has 3 aromatic rings. The maximum atomic E-state index is 12.4. The quantitative estimate of drug-likeness (QED) is 0.686. The van der Waals surface area contributed by atoms with Gasteiger partial charge in [-0.25, -0.2) is 0 Å². The van der Waals surface area contributed by atoms with Gasteiger partial charge < -0.3 is 15.4 Å². The number of nitrogens with zero attached hydrogens (tertiary/aromatic N) is 2. The maximum absolute atomic E-state index is 12.4. The monoisotopic (exact) mass is 350 g/mol. The minimum absolute atomic E-state index is 0.127. The van der Waals surface area contributed by atoms with Crippen LogP contribution in [0.5, 0.6) is 5.75 Å². The molecule has 0 saturated carbocycles. The molecule has 1 heterocycles. The lowest BCUT2D eigenvalue weighted by atomic mass is 10.2. The Morgan fingerprint density at radius 3 is 2.69 bits per heavy atom. The third-order valence-corrected chi connectivity index (χ3v) is 3.75. The largest absolute Gasteiger partial charge is 0.489 e. The third-order valence-electron chi connectivity index (χ3n) is 3.75. The fourth-order valence-corrected chi connectivity index (χ4v) is 2.50. The number of anilines is 2. The minimum atomic E-state index is -0.136. The molecule has 3 rings (SSSR count). The van der Waals surface area contributed by atoms with E-state index in [4.69, 9.17) is 4.74 Å². The molecule has 26 heavy (non-hydrogen) atoms. The van der Waals surface area contributed by atoms with Gasteiger partial charge in [0, 0.05) is 24.5 Å². The second kappa shape index (κ2) is 8.20. The Morgan fingerprint density at radius 1 is 1.15 bits per heavy atom. The van der Waals surface area contributed by atoms with Crippen LogP contribution >= 0.6 is 0 Å². The summed E-state index contributed by atoms with van der Waals surface area (Å²) in [5, 5.41) is 10.3. The van der Waals surface area contributed by atoms with Gasteiger partial charge in [0.05, 0.1) is 18.4 Å². The first-order valence-electron chi connectivity index (χ1n) is 8.46. The van der Waals surface area contributed by atoms with Crippen molar-refractivity contribution in [2.24, 2.45) is 7.05 Å². The fraction of sp³-hybridized carbons (Fsp3) is 0.200. The van der Waals surface area contributed by atoms with E-state index in [0.29, 0.717) is 12.1 Å². The lowest BCUT2D eigenvalue weighted by Crippen LogP contribution is -2.33. The van der Waals surface area contributed by atoms with Gasteiger partial charge in [0.1, 0.15) is 11.9 Å². The number of carbonyl (C=O) groups is 1. The molecular formula is C20H22N4O2. The van der Waals surface area contributed by atoms with E-state index in [1.165, 1.54) is 0 Å². The molecule has 134 valence electrons. The molecule has 1 aromatic heterocycles. The van der Waals surface area contributed by atoms with E-state index >= 15 is 0 Å². The Kier molecular flexibility index (Phi) is 5.53. The minimum Gasteiger partial charge on any atom is -0.489 e. The molecule has 1 amide bonds. The highest BCUT2D eigenvalue weighted by molar-refractivity contribution is 5.95. The molecule has 0 radical (unpaired) electrons. The van der Waals surface area contributed by atoms with Crippen molar-refractivity contribution in [3.8, 4) is 5.75 Å². The van der Waals surface area contributed by atoms with Crippen LogP contribution in [0.4, 0.5) is 11.4 Å². The van der Waals surface area contributed by atoms with Crippen LogP contribution in [0, 0.1) is 0 Å². The van der Waals surface area contributed by atoms with Crippen LogP contribution in [0.25, 0.3) is 0 Å². The highest BCUT2D eigenvalue weighted by atomic mass is 16.5. The van der Waals surface area contributed by atoms with E-state index in [0.717, 1.165) is 17.1 Å². The SMILES string of the molecule is CC(CNC(=O)c1cccc(Nc2cnn(C)c2)c1)Oc1ccccc1. The average Bonchev–Trinajstić information content (AvgIpc) is 3.05. The van der Waals surface area contributed by atoms with Crippen LogP contribution < -0.4 is 15.4 Å². The van der Waals surface area contributed by atoms with Crippen LogP contribution in [0.3, 0.4) is 0 Å². The van der Waals surface area contributed by atoms with Crippen LogP contribution in [0.2, 0.25) is 0 Å². The van der Waals surface area contributed by atoms with Gasteiger partial charge in [-0.15, -0.1) is 0 Å². The second-order valence-electron chi connectivity index (χ2n) is 6.06. The summed E-state index contributed by atoms with van der Waals surface area (Å²) in [5.74, 6) is 0.653. The number of rotatable bonds is 7. The summed E-state index contributed by atoms with van der Waals surface area (Å²) in [7, 11) is 1.85. The molecule has 1 unspecified atom stereocenters. The zero-order valence-corrected chi connectivity index (χ0v) is 14.8. The number of aromatic nitrogens is 2. The van der Waals surface area contributed by atoms with E-state index < -0.39 is 0 Å². The van der Waals surface area contributed by atoms with E-state index in [-0.39, 0.29) is 12.0 Å². The number of ether oxygens (including phenoxy) is 1. The van der Waals surface area contributed by atoms with Gasteiger partial charge in [0.15, 0.2) is 0 Å². The number of para-hydroxylation sites is 1. The van der Waals surface area contributed by atoms with Crippen molar-refractivity contribution in [3.05, 3.63) is 72.6 Å². The average molecular weight is 350 g/mol. The van der Waals surface area contributed by atoms with Crippen molar-refractivity contribution >= 4 is 17.3 Å². The number of nitrogens with one attached hydrogen (secondary N) is 2. The molecule has 0 aliphatic rings. The van der Waals surface area contributed by atoms with E-state index in [9.17, 15) is 4.79 Å². The lowest BCUT2D eigenvalue weighted by molar-refractivity contribution is 0.0932. The van der Waals surface area contributed by atoms with Gasteiger partial charge >= 0.3 is 0 Å². The van der Waals surface area contributed by atoms with Gasteiger partial charge in [-0.3, -0.25) is 9.48 Å². The first kappa shape index (κ1) is 17.5. The van der Waals surface area contributed by atoms with Crippen LogP contribution in [0.15, 0.2) is 67.0 Å². The Balaban J connectivity index is 1.55. The highest BCUT2D eigenvalue weighted by Crippen LogP contribution is 2.17. The van der Waals surface area contributed by atoms with Gasteiger partial charge in [0.2, 0.25) is 0 Å². The summed E-state index contributed by atoms with van der Waals surface area (Å²) in [6.45, 7) is 2.35. The predicted octanol–water partition coefficient (Wildman–Crippen LogP) is 3.36. The third kappa shape index (κ3) is 4.86. The topological polar surface area (TPSA) is 68.2 Å². The maximum Gasteiger partial charge on any atom is 0.251 e. The molecule has 0 spiro atoms. The van der Waals surface area contributed by atoms with Crippen molar-refractivity contribution < 1.29 is 9.53 Å². The Bertz CT molecular complexity index is 861. The summed E-state index contributed by atoms with van der Waals surface area (Å²) in [5.41, 5.74) is 2.29. The van der Waals surface area contributed by atoms with Crippen molar-refractivity contribution in [1.82, 2.24) is 15.1 Å². The normalized spacial score (nSPS) is 11.6. The Morgan fingerprint density at radius 2 is 1.96 bits per heavy atom. The van der Waals surface area contributed by atoms with Gasteiger partial charge in [-0.2, -0.15) is 5.10 Å². The van der Waals surface area contributed by atoms with Crippen LogP contribution in [-0.2, 0) is 7.05 Å². The zero-order valence-electron chi connectivity index (χ0n) is 14.8. The van der Waals surface area contributed by atoms with Crippen LogP contribution in [0.1, 0.15) is 17.3 Å². The van der Waals surface area contributed by atoms with Crippen molar-refractivity contribution in [3.63, 3.8) is 0 Å². The summed E-state index contributed by atoms with van der Waals surface area (Å²) < 4.78 is 7.48. The molecule has 0 aliphatic heterocycles. The molecular weight excluding hydrogens is 328 g/mol. The van der Waals surface area contributed by atoms with Gasteiger partial charge in [0.25, 0.3) is 5.91 Å². The first-order valence-corrected chi connectivity index (χ1v) is 8.46. The first-order chi connectivity index (χ1) is 12.6. The van der Waals surface area contributed by atoms with Crippen molar-refractivity contribution in [1.29, 1.82) is 0 Å². The van der Waals surface area contributed by atoms with Crippen molar-refractivity contribution in [2.75, 3.05) is 11.9 Å². The highest BCUT2D eigenvalue weighted by Gasteiger charge is 2.10. The number of amides is 1. The zero-order chi connectivity index (χ0) is 18.4. The molecule has 6 nitrogen and oxygen atoms in total. The Hall–Kier alpha value is -3.28. The number of hydrogen-bond donors (Lipinski definition) is 2. The molecule has 6 heteroatoms. The number of carbonyl (C=O) groups excluding carboxylic acids is 1. The summed E-state index contributed by atoms with van der Waals surface area (Å²) >= 11 is 0. The summed E-state index contributed by atoms with van der Waals surface area (Å²) in [4.78, 5) is 12.4. The second-order valence-corrected chi connectivity index (χ2v) is 6.06.